The van der Waals surface area contributed by atoms with Crippen LogP contribution < -0.4 is 10.6 Å². The molecule has 0 aliphatic carbocycles. The lowest BCUT2D eigenvalue weighted by molar-refractivity contribution is -0.138. The number of alkyl halides is 3. The highest BCUT2D eigenvalue weighted by Crippen LogP contribution is 2.36. The Morgan fingerprint density at radius 3 is 2.29 bits per heavy atom. The minimum atomic E-state index is -4.78. The summed E-state index contributed by atoms with van der Waals surface area (Å²) in [7, 11) is 0. The maximum absolute atomic E-state index is 13.8. The number of hydrogen-bond acceptors (Lipinski definition) is 4. The lowest BCUT2D eigenvalue weighted by Gasteiger charge is -2.17. The van der Waals surface area contributed by atoms with Crippen molar-refractivity contribution in [2.24, 2.45) is 0 Å². The van der Waals surface area contributed by atoms with Crippen molar-refractivity contribution < 1.29 is 22.8 Å². The van der Waals surface area contributed by atoms with E-state index in [9.17, 15) is 22.8 Å². The molecule has 0 saturated heterocycles. The van der Waals surface area contributed by atoms with Crippen molar-refractivity contribution in [3.8, 4) is 11.3 Å². The number of pyridine rings is 2. The van der Waals surface area contributed by atoms with E-state index >= 15 is 0 Å². The monoisotopic (exact) mass is 476 g/mol. The van der Waals surface area contributed by atoms with Crippen LogP contribution >= 0.6 is 0 Å². The number of hydrogen-bond donors (Lipinski definition) is 2. The number of halogens is 3. The van der Waals surface area contributed by atoms with Crippen molar-refractivity contribution >= 4 is 17.5 Å². The van der Waals surface area contributed by atoms with Crippen molar-refractivity contribution in [2.75, 3.05) is 5.32 Å². The van der Waals surface area contributed by atoms with Crippen LogP contribution in [0.25, 0.3) is 11.3 Å². The molecule has 2 aromatic carbocycles. The zero-order valence-electron chi connectivity index (χ0n) is 18.2. The fourth-order valence-electron chi connectivity index (χ4n) is 3.45. The highest BCUT2D eigenvalue weighted by atomic mass is 19.4. The van der Waals surface area contributed by atoms with Crippen LogP contribution in [0.2, 0.25) is 0 Å². The summed E-state index contributed by atoms with van der Waals surface area (Å²) in [6, 6.07) is 20.6. The van der Waals surface area contributed by atoms with E-state index in [1.165, 1.54) is 24.4 Å². The van der Waals surface area contributed by atoms with Crippen molar-refractivity contribution in [1.29, 1.82) is 0 Å². The minimum Gasteiger partial charge on any atom is -0.348 e. The second-order valence-electron chi connectivity index (χ2n) is 7.50. The number of benzene rings is 2. The first-order valence-electron chi connectivity index (χ1n) is 10.5. The number of nitrogens with zero attached hydrogens (tertiary/aromatic N) is 2. The Morgan fingerprint density at radius 2 is 1.57 bits per heavy atom. The van der Waals surface area contributed by atoms with Gasteiger partial charge in [-0.15, -0.1) is 0 Å². The molecule has 176 valence electrons. The molecule has 0 saturated carbocycles. The number of anilines is 1. The van der Waals surface area contributed by atoms with Gasteiger partial charge in [0.25, 0.3) is 11.8 Å². The number of rotatable bonds is 6. The van der Waals surface area contributed by atoms with E-state index in [-0.39, 0.29) is 23.5 Å². The summed E-state index contributed by atoms with van der Waals surface area (Å²) < 4.78 is 41.5. The molecule has 0 unspecified atom stereocenters. The van der Waals surface area contributed by atoms with Crippen molar-refractivity contribution in [2.45, 2.75) is 12.7 Å². The average molecular weight is 476 g/mol. The molecule has 2 aromatic heterocycles. The molecule has 0 aliphatic heterocycles. The van der Waals surface area contributed by atoms with Crippen LogP contribution in [0.15, 0.2) is 91.3 Å². The second kappa shape index (κ2) is 10.2. The molecule has 4 rings (SSSR count). The summed E-state index contributed by atoms with van der Waals surface area (Å²) in [5, 5.41) is 5.21. The first kappa shape index (κ1) is 23.6. The first-order valence-corrected chi connectivity index (χ1v) is 10.5. The van der Waals surface area contributed by atoms with E-state index in [0.717, 1.165) is 17.8 Å². The second-order valence-corrected chi connectivity index (χ2v) is 7.50. The van der Waals surface area contributed by atoms with Gasteiger partial charge in [-0.2, -0.15) is 13.2 Å². The molecule has 0 radical (unpaired) electrons. The molecule has 0 atom stereocenters. The Balaban J connectivity index is 1.68. The van der Waals surface area contributed by atoms with Gasteiger partial charge in [0.2, 0.25) is 0 Å². The highest BCUT2D eigenvalue weighted by Gasteiger charge is 2.37. The average Bonchev–Trinajstić information content (AvgIpc) is 2.87. The van der Waals surface area contributed by atoms with Gasteiger partial charge in [-0.1, -0.05) is 48.5 Å². The third-order valence-electron chi connectivity index (χ3n) is 5.07. The standard InChI is InChI=1S/C26H19F3N4O2/c27-26(28,29)20-12-14-31-23(22(20)25(35)32-16-17-7-2-1-3-8-17)18-9-6-10-19(15-18)33-24(34)21-11-4-5-13-30-21/h1-15H,16H2,(H,32,35)(H,33,34). The molecule has 2 heterocycles. The quantitative estimate of drug-likeness (QED) is 0.393. The smallest absolute Gasteiger partial charge is 0.348 e. The number of nitrogens with one attached hydrogen (secondary N) is 2. The van der Waals surface area contributed by atoms with E-state index in [2.05, 4.69) is 20.6 Å². The summed E-state index contributed by atoms with van der Waals surface area (Å²) in [6.07, 6.45) is -2.30. The third kappa shape index (κ3) is 5.70. The van der Waals surface area contributed by atoms with Gasteiger partial charge in [-0.25, -0.2) is 0 Å². The molecule has 35 heavy (non-hydrogen) atoms. The molecule has 4 aromatic rings. The Kier molecular flexibility index (Phi) is 6.86. The van der Waals surface area contributed by atoms with E-state index in [1.807, 2.05) is 0 Å². The topological polar surface area (TPSA) is 84.0 Å². The fourth-order valence-corrected chi connectivity index (χ4v) is 3.45. The minimum absolute atomic E-state index is 0.0471. The zero-order valence-corrected chi connectivity index (χ0v) is 18.2. The molecule has 9 heteroatoms. The molecule has 0 fully saturated rings. The first-order chi connectivity index (χ1) is 16.8. The van der Waals surface area contributed by atoms with Gasteiger partial charge in [0.05, 0.1) is 16.8 Å². The molecular formula is C26H19F3N4O2. The van der Waals surface area contributed by atoms with Crippen LogP contribution in [0.4, 0.5) is 18.9 Å². The fraction of sp³-hybridized carbons (Fsp3) is 0.0769. The van der Waals surface area contributed by atoms with Gasteiger partial charge < -0.3 is 10.6 Å². The Labute approximate surface area is 198 Å². The summed E-state index contributed by atoms with van der Waals surface area (Å²) in [5.41, 5.74) is -0.387. The van der Waals surface area contributed by atoms with Gasteiger partial charge in [0.1, 0.15) is 5.69 Å². The van der Waals surface area contributed by atoms with Crippen LogP contribution in [-0.2, 0) is 12.7 Å². The number of aromatic nitrogens is 2. The van der Waals surface area contributed by atoms with E-state index in [0.29, 0.717) is 5.69 Å². The van der Waals surface area contributed by atoms with Crippen molar-refractivity contribution in [1.82, 2.24) is 15.3 Å². The zero-order chi connectivity index (χ0) is 24.8. The maximum Gasteiger partial charge on any atom is 0.417 e. The molecule has 0 bridgehead atoms. The van der Waals surface area contributed by atoms with Crippen LogP contribution in [0, 0.1) is 0 Å². The molecule has 0 aliphatic rings. The van der Waals surface area contributed by atoms with Gasteiger partial charge in [-0.3, -0.25) is 19.6 Å². The molecular weight excluding hydrogens is 457 g/mol. The third-order valence-corrected chi connectivity index (χ3v) is 5.07. The van der Waals surface area contributed by atoms with E-state index in [4.69, 9.17) is 0 Å². The van der Waals surface area contributed by atoms with Gasteiger partial charge in [-0.05, 0) is 35.9 Å². The summed E-state index contributed by atoms with van der Waals surface area (Å²) in [5.74, 6) is -1.40. The lowest BCUT2D eigenvalue weighted by atomic mass is 9.99. The SMILES string of the molecule is O=C(Nc1cccc(-c2nccc(C(F)(F)F)c2C(=O)NCc2ccccc2)c1)c1ccccn1. The molecule has 2 N–H and O–H groups in total. The normalized spacial score (nSPS) is 11.1. The van der Waals surface area contributed by atoms with Gasteiger partial charge in [0.15, 0.2) is 0 Å². The van der Waals surface area contributed by atoms with Crippen LogP contribution in [-0.4, -0.2) is 21.8 Å². The predicted octanol–water partition coefficient (Wildman–Crippen LogP) is 5.34. The molecule has 6 nitrogen and oxygen atoms in total. The predicted molar refractivity (Wildman–Crippen MR) is 124 cm³/mol. The number of carbonyl (C=O) groups excluding carboxylic acids is 2. The Morgan fingerprint density at radius 1 is 0.800 bits per heavy atom. The summed E-state index contributed by atoms with van der Waals surface area (Å²) in [6.45, 7) is 0.0471. The number of amides is 2. The van der Waals surface area contributed by atoms with Crippen LogP contribution in [0.3, 0.4) is 0 Å². The number of carbonyl (C=O) groups is 2. The molecule has 2 amide bonds. The molecule has 0 spiro atoms. The van der Waals surface area contributed by atoms with Crippen LogP contribution in [0.5, 0.6) is 0 Å². The van der Waals surface area contributed by atoms with Crippen molar-refractivity contribution in [3.63, 3.8) is 0 Å². The van der Waals surface area contributed by atoms with Crippen LogP contribution in [0.1, 0.15) is 32.0 Å². The summed E-state index contributed by atoms with van der Waals surface area (Å²) in [4.78, 5) is 33.5. The highest BCUT2D eigenvalue weighted by molar-refractivity contribution is 6.04. The summed E-state index contributed by atoms with van der Waals surface area (Å²) >= 11 is 0. The van der Waals surface area contributed by atoms with Gasteiger partial charge >= 0.3 is 6.18 Å². The lowest BCUT2D eigenvalue weighted by Crippen LogP contribution is -2.27. The van der Waals surface area contributed by atoms with E-state index < -0.39 is 29.1 Å². The Bertz CT molecular complexity index is 1340. The Hall–Kier alpha value is -4.53. The van der Waals surface area contributed by atoms with Crippen molar-refractivity contribution in [3.05, 3.63) is 114 Å². The van der Waals surface area contributed by atoms with E-state index in [1.54, 1.807) is 54.6 Å². The maximum atomic E-state index is 13.8. The largest absolute Gasteiger partial charge is 0.417 e. The van der Waals surface area contributed by atoms with Gasteiger partial charge in [0, 0.05) is 30.2 Å².